The zero-order chi connectivity index (χ0) is 31.3. The Morgan fingerprint density at radius 3 is 1.96 bits per heavy atom. The summed E-state index contributed by atoms with van der Waals surface area (Å²) in [5, 5.41) is 7.33. The molecule has 1 aliphatic rings. The van der Waals surface area contributed by atoms with Crippen LogP contribution in [0.5, 0.6) is 11.5 Å². The molecule has 0 fully saturated rings. The highest BCUT2D eigenvalue weighted by Gasteiger charge is 2.25. The van der Waals surface area contributed by atoms with Crippen molar-refractivity contribution in [2.45, 2.75) is 0 Å². The van der Waals surface area contributed by atoms with Crippen LogP contribution in [0.1, 0.15) is 0 Å². The molecule has 0 aliphatic carbocycles. The van der Waals surface area contributed by atoms with Crippen LogP contribution >= 0.6 is 0 Å². The molecule has 1 N–H and O–H groups in total. The topological polar surface area (TPSA) is 34.9 Å². The van der Waals surface area contributed by atoms with Crippen LogP contribution in [-0.4, -0.2) is 14.1 Å². The van der Waals surface area contributed by atoms with Gasteiger partial charge in [-0.05, 0) is 76.7 Å². The van der Waals surface area contributed by atoms with Crippen molar-refractivity contribution in [1.82, 2.24) is 14.1 Å². The molecule has 10 aromatic rings. The van der Waals surface area contributed by atoms with E-state index in [1.807, 2.05) is 12.3 Å². The second-order valence-electron chi connectivity index (χ2n) is 12.7. The molecule has 224 valence electrons. The van der Waals surface area contributed by atoms with E-state index in [2.05, 4.69) is 160 Å². The Bertz CT molecular complexity index is 2910. The first kappa shape index (κ1) is 25.6. The third-order valence-corrected chi connectivity index (χ3v) is 10.1. The maximum absolute atomic E-state index is 6.63. The van der Waals surface area contributed by atoms with Crippen LogP contribution in [0, 0.1) is 0 Å². The molecule has 0 unspecified atom stereocenters. The lowest BCUT2D eigenvalue weighted by molar-refractivity contribution is 0.487. The number of rotatable bonds is 3. The van der Waals surface area contributed by atoms with Gasteiger partial charge in [0.1, 0.15) is 11.5 Å². The number of para-hydroxylation sites is 3. The molecule has 4 nitrogen and oxygen atoms in total. The zero-order valence-electron chi connectivity index (χ0n) is 25.8. The maximum atomic E-state index is 6.63. The van der Waals surface area contributed by atoms with Gasteiger partial charge in [0.05, 0.1) is 27.8 Å². The van der Waals surface area contributed by atoms with Gasteiger partial charge in [-0.2, -0.15) is 0 Å². The van der Waals surface area contributed by atoms with Crippen LogP contribution in [0.25, 0.3) is 88.0 Å². The molecule has 48 heavy (non-hydrogen) atoms. The van der Waals surface area contributed by atoms with Crippen molar-refractivity contribution in [3.63, 3.8) is 0 Å². The lowest BCUT2D eigenvalue weighted by atomic mass is 9.92. The van der Waals surface area contributed by atoms with E-state index in [1.165, 1.54) is 65.6 Å². The van der Waals surface area contributed by atoms with Gasteiger partial charge in [-0.15, -0.1) is 0 Å². The smallest absolute Gasteiger partial charge is 0.138 e. The van der Waals surface area contributed by atoms with E-state index >= 15 is 0 Å². The molecule has 0 atom stereocenters. The van der Waals surface area contributed by atoms with E-state index in [0.29, 0.717) is 0 Å². The maximum Gasteiger partial charge on any atom is 0.138 e. The molecule has 1 aliphatic heterocycles. The van der Waals surface area contributed by atoms with Crippen molar-refractivity contribution in [2.24, 2.45) is 0 Å². The summed E-state index contributed by atoms with van der Waals surface area (Å²) in [5.41, 5.74) is 11.7. The highest BCUT2D eigenvalue weighted by atomic mass is 16.5. The number of hydrogen-bond donors (Lipinski definition) is 1. The van der Waals surface area contributed by atoms with Gasteiger partial charge in [-0.3, -0.25) is 0 Å². The summed E-state index contributed by atoms with van der Waals surface area (Å²) in [6, 6.07) is 52.5. The number of benzene rings is 7. The predicted molar refractivity (Wildman–Crippen MR) is 198 cm³/mol. The average Bonchev–Trinajstić information content (AvgIpc) is 3.87. The normalized spacial score (nSPS) is 12.3. The number of aromatic nitrogens is 3. The van der Waals surface area contributed by atoms with Gasteiger partial charge in [-0.1, -0.05) is 84.9 Å². The third-order valence-electron chi connectivity index (χ3n) is 10.1. The van der Waals surface area contributed by atoms with E-state index in [1.54, 1.807) is 0 Å². The van der Waals surface area contributed by atoms with Gasteiger partial charge in [-0.25, -0.2) is 0 Å². The molecule has 0 spiro atoms. The molecular weight excluding hydrogens is 587 g/mol. The first-order valence-corrected chi connectivity index (χ1v) is 16.4. The highest BCUT2D eigenvalue weighted by molar-refractivity contribution is 6.26. The minimum atomic E-state index is 0.898. The number of hydrogen-bond acceptors (Lipinski definition) is 1. The number of nitrogens with one attached hydrogen (secondary N) is 1. The molecule has 0 saturated heterocycles. The van der Waals surface area contributed by atoms with E-state index < -0.39 is 0 Å². The molecule has 3 aromatic heterocycles. The van der Waals surface area contributed by atoms with Crippen LogP contribution in [0.4, 0.5) is 0 Å². The molecule has 7 aromatic carbocycles. The van der Waals surface area contributed by atoms with Gasteiger partial charge in [0.15, 0.2) is 0 Å². The quantitative estimate of drug-likeness (QED) is 0.211. The molecule has 0 radical (unpaired) electrons. The number of fused-ring (bicyclic) bond motifs is 9. The molecule has 11 rings (SSSR count). The largest absolute Gasteiger partial charge is 0.456 e. The Balaban J connectivity index is 1.21. The number of ether oxygens (including phenoxy) is 1. The predicted octanol–water partition coefficient (Wildman–Crippen LogP) is 11.8. The highest BCUT2D eigenvalue weighted by Crippen LogP contribution is 2.50. The number of H-pyrrole nitrogens is 1. The summed E-state index contributed by atoms with van der Waals surface area (Å²) >= 11 is 0. The first-order chi connectivity index (χ1) is 23.8. The molecule has 4 heteroatoms. The van der Waals surface area contributed by atoms with Crippen molar-refractivity contribution < 1.29 is 4.74 Å². The monoisotopic (exact) mass is 613 g/mol. The van der Waals surface area contributed by atoms with Crippen LogP contribution in [0.2, 0.25) is 0 Å². The van der Waals surface area contributed by atoms with Crippen LogP contribution < -0.4 is 4.74 Å². The van der Waals surface area contributed by atoms with Crippen molar-refractivity contribution in [1.29, 1.82) is 0 Å². The molecule has 4 heterocycles. The summed E-state index contributed by atoms with van der Waals surface area (Å²) in [5.74, 6) is 1.80. The second kappa shape index (κ2) is 9.50. The molecule has 0 saturated carbocycles. The Labute approximate surface area is 275 Å². The van der Waals surface area contributed by atoms with Crippen LogP contribution in [0.3, 0.4) is 0 Å². The second-order valence-corrected chi connectivity index (χ2v) is 12.7. The lowest BCUT2D eigenvalue weighted by Crippen LogP contribution is -1.98. The fourth-order valence-electron chi connectivity index (χ4n) is 8.07. The fraction of sp³-hybridized carbons (Fsp3) is 0. The van der Waals surface area contributed by atoms with E-state index in [9.17, 15) is 0 Å². The minimum Gasteiger partial charge on any atom is -0.456 e. The minimum absolute atomic E-state index is 0.898. The number of nitrogens with zero attached hydrogens (tertiary/aromatic N) is 2. The zero-order valence-corrected chi connectivity index (χ0v) is 25.8. The Hall–Kier alpha value is -6.52. The summed E-state index contributed by atoms with van der Waals surface area (Å²) in [7, 11) is 0. The summed E-state index contributed by atoms with van der Waals surface area (Å²) in [4.78, 5) is 3.23. The first-order valence-electron chi connectivity index (χ1n) is 16.4. The molecule has 0 amide bonds. The summed E-state index contributed by atoms with van der Waals surface area (Å²) in [6.07, 6.45) is 4.04. The Morgan fingerprint density at radius 1 is 0.417 bits per heavy atom. The van der Waals surface area contributed by atoms with Crippen LogP contribution in [-0.2, 0) is 0 Å². The molecule has 0 bridgehead atoms. The lowest BCUT2D eigenvalue weighted by Gasteiger charge is -2.22. The van der Waals surface area contributed by atoms with E-state index in [4.69, 9.17) is 4.74 Å². The van der Waals surface area contributed by atoms with Crippen LogP contribution in [0.15, 0.2) is 158 Å². The number of aromatic amines is 1. The van der Waals surface area contributed by atoms with Crippen molar-refractivity contribution in [2.75, 3.05) is 0 Å². The van der Waals surface area contributed by atoms with Crippen molar-refractivity contribution >= 4 is 54.4 Å². The van der Waals surface area contributed by atoms with E-state index in [0.717, 1.165) is 34.0 Å². The van der Waals surface area contributed by atoms with E-state index in [-0.39, 0.29) is 0 Å². The SMILES string of the molecule is c1ccc(-n2c3ccc(-c4ccc5c(c4)c4ccccc4n5-c4cc[nH]c4)cc3c3c4cccc5c4c(cc32)Oc2ccccc2-5)cc1. The van der Waals surface area contributed by atoms with Gasteiger partial charge in [0.2, 0.25) is 0 Å². The average molecular weight is 614 g/mol. The van der Waals surface area contributed by atoms with Crippen molar-refractivity contribution in [3.8, 4) is 45.1 Å². The van der Waals surface area contributed by atoms with Gasteiger partial charge in [0.25, 0.3) is 0 Å². The Morgan fingerprint density at radius 2 is 1.10 bits per heavy atom. The third kappa shape index (κ3) is 3.43. The Kier molecular flexibility index (Phi) is 5.08. The van der Waals surface area contributed by atoms with Gasteiger partial charge >= 0.3 is 0 Å². The summed E-state index contributed by atoms with van der Waals surface area (Å²) in [6.45, 7) is 0. The van der Waals surface area contributed by atoms with Crippen molar-refractivity contribution in [3.05, 3.63) is 158 Å². The standard InChI is InChI=1S/C44H27N3O/c1-2-9-29(10-3-1)46-39-20-18-28(27-17-19-38-35(23-27)31-11-4-6-15-37(31)47(38)30-21-22-45-26-30)24-36(39)43-34-14-8-13-33-32-12-5-7-16-41(32)48-42(44(33)34)25-40(43)46/h1-26,45H. The van der Waals surface area contributed by atoms with Gasteiger partial charge in [0, 0.05) is 56.6 Å². The fourth-order valence-corrected chi connectivity index (χ4v) is 8.07. The molecular formula is C44H27N3O. The van der Waals surface area contributed by atoms with Gasteiger partial charge < -0.3 is 18.9 Å². The summed E-state index contributed by atoms with van der Waals surface area (Å²) < 4.78 is 11.3.